The van der Waals surface area contributed by atoms with Crippen LogP contribution in [0.1, 0.15) is 25.1 Å². The van der Waals surface area contributed by atoms with Crippen molar-refractivity contribution in [1.82, 2.24) is 0 Å². The first-order chi connectivity index (χ1) is 6.15. The van der Waals surface area contributed by atoms with Crippen LogP contribution >= 0.6 is 43.2 Å². The molecule has 3 heteroatoms. The molecule has 74 valence electrons. The zero-order valence-electron chi connectivity index (χ0n) is 7.89. The molecule has 2 unspecified atom stereocenters. The fourth-order valence-electron chi connectivity index (χ4n) is 1.34. The molecule has 0 spiro atoms. The summed E-state index contributed by atoms with van der Waals surface area (Å²) in [5.74, 6) is 0.745. The Kier molecular flexibility index (Phi) is 4.98. The standard InChI is InChI=1S/C10H14Br2S/c1-3-8(7(2)11)6-10-9(12)4-5-13-10/h4-5,7-8H,3,6H2,1-2H3. The first-order valence-corrected chi connectivity index (χ1v) is 7.10. The summed E-state index contributed by atoms with van der Waals surface area (Å²) in [5, 5.41) is 2.14. The minimum atomic E-state index is 0.603. The van der Waals surface area contributed by atoms with Crippen molar-refractivity contribution in [1.29, 1.82) is 0 Å². The maximum Gasteiger partial charge on any atom is 0.0314 e. The Hall–Kier alpha value is 0.660. The minimum Gasteiger partial charge on any atom is -0.148 e. The molecule has 13 heavy (non-hydrogen) atoms. The number of hydrogen-bond acceptors (Lipinski definition) is 1. The Morgan fingerprint density at radius 3 is 2.62 bits per heavy atom. The minimum absolute atomic E-state index is 0.603. The Labute approximate surface area is 101 Å². The van der Waals surface area contributed by atoms with E-state index in [1.807, 2.05) is 11.3 Å². The predicted molar refractivity (Wildman–Crippen MR) is 67.9 cm³/mol. The molecule has 1 aromatic rings. The quantitative estimate of drug-likeness (QED) is 0.693. The van der Waals surface area contributed by atoms with Crippen LogP contribution in [-0.4, -0.2) is 4.83 Å². The molecule has 0 aliphatic carbocycles. The van der Waals surface area contributed by atoms with Gasteiger partial charge in [-0.3, -0.25) is 0 Å². The Bertz CT molecular complexity index is 255. The van der Waals surface area contributed by atoms with Crippen molar-refractivity contribution in [3.63, 3.8) is 0 Å². The van der Waals surface area contributed by atoms with Gasteiger partial charge in [0.05, 0.1) is 0 Å². The number of halogens is 2. The molecule has 2 atom stereocenters. The molecule has 0 saturated heterocycles. The molecule has 0 radical (unpaired) electrons. The van der Waals surface area contributed by atoms with Gasteiger partial charge in [0.2, 0.25) is 0 Å². The molecule has 0 aliphatic rings. The highest BCUT2D eigenvalue weighted by molar-refractivity contribution is 9.10. The van der Waals surface area contributed by atoms with Crippen molar-refractivity contribution in [3.05, 3.63) is 20.8 Å². The topological polar surface area (TPSA) is 0 Å². The molecule has 0 bridgehead atoms. The van der Waals surface area contributed by atoms with E-state index in [0.717, 1.165) is 5.92 Å². The van der Waals surface area contributed by atoms with Crippen LogP contribution in [0.4, 0.5) is 0 Å². The van der Waals surface area contributed by atoms with Crippen molar-refractivity contribution in [2.75, 3.05) is 0 Å². The van der Waals surface area contributed by atoms with E-state index in [0.29, 0.717) is 4.83 Å². The molecular weight excluding hydrogens is 312 g/mol. The fourth-order valence-corrected chi connectivity index (χ4v) is 3.51. The van der Waals surface area contributed by atoms with Gasteiger partial charge in [-0.2, -0.15) is 0 Å². The molecule has 0 N–H and O–H groups in total. The molecule has 1 heterocycles. The molecule has 0 amide bonds. The second kappa shape index (κ2) is 5.52. The normalized spacial score (nSPS) is 15.7. The van der Waals surface area contributed by atoms with E-state index in [1.54, 1.807) is 0 Å². The van der Waals surface area contributed by atoms with Gasteiger partial charge in [0.1, 0.15) is 0 Å². The van der Waals surface area contributed by atoms with Crippen molar-refractivity contribution in [3.8, 4) is 0 Å². The summed E-state index contributed by atoms with van der Waals surface area (Å²) >= 11 is 9.07. The largest absolute Gasteiger partial charge is 0.148 e. The van der Waals surface area contributed by atoms with Gasteiger partial charge in [-0.25, -0.2) is 0 Å². The molecule has 0 aliphatic heterocycles. The van der Waals surface area contributed by atoms with Crippen LogP contribution in [0, 0.1) is 5.92 Å². The fraction of sp³-hybridized carbons (Fsp3) is 0.600. The molecule has 0 saturated carbocycles. The number of thiophene rings is 1. The van der Waals surface area contributed by atoms with Crippen LogP contribution in [0.3, 0.4) is 0 Å². The van der Waals surface area contributed by atoms with E-state index in [2.05, 4.69) is 57.2 Å². The second-order valence-electron chi connectivity index (χ2n) is 3.24. The Balaban J connectivity index is 2.62. The van der Waals surface area contributed by atoms with Crippen LogP contribution in [0.5, 0.6) is 0 Å². The summed E-state index contributed by atoms with van der Waals surface area (Å²) in [5.41, 5.74) is 0. The van der Waals surface area contributed by atoms with Gasteiger partial charge >= 0.3 is 0 Å². The van der Waals surface area contributed by atoms with Gasteiger partial charge in [-0.1, -0.05) is 36.2 Å². The summed E-state index contributed by atoms with van der Waals surface area (Å²) in [6.07, 6.45) is 2.41. The summed E-state index contributed by atoms with van der Waals surface area (Å²) in [4.78, 5) is 2.07. The van der Waals surface area contributed by atoms with E-state index < -0.39 is 0 Å². The zero-order chi connectivity index (χ0) is 9.84. The van der Waals surface area contributed by atoms with Crippen molar-refractivity contribution >= 4 is 43.2 Å². The third-order valence-corrected chi connectivity index (χ3v) is 5.01. The van der Waals surface area contributed by atoms with Gasteiger partial charge in [0.15, 0.2) is 0 Å². The lowest BCUT2D eigenvalue weighted by molar-refractivity contribution is 0.511. The van der Waals surface area contributed by atoms with Crippen LogP contribution in [0.2, 0.25) is 0 Å². The predicted octanol–water partition coefficient (Wildman–Crippen LogP) is 4.86. The molecular formula is C10H14Br2S. The van der Waals surface area contributed by atoms with Crippen LogP contribution in [0.25, 0.3) is 0 Å². The van der Waals surface area contributed by atoms with E-state index in [4.69, 9.17) is 0 Å². The average molecular weight is 326 g/mol. The SMILES string of the molecule is CCC(Cc1sccc1Br)C(C)Br. The maximum atomic E-state index is 3.66. The second-order valence-corrected chi connectivity index (χ2v) is 6.54. The third kappa shape index (κ3) is 3.37. The van der Waals surface area contributed by atoms with E-state index >= 15 is 0 Å². The maximum absolute atomic E-state index is 3.66. The lowest BCUT2D eigenvalue weighted by Gasteiger charge is -2.16. The molecule has 1 aromatic heterocycles. The van der Waals surface area contributed by atoms with Crippen LogP contribution in [0.15, 0.2) is 15.9 Å². The van der Waals surface area contributed by atoms with Crippen molar-refractivity contribution in [2.45, 2.75) is 31.5 Å². The average Bonchev–Trinajstić information content (AvgIpc) is 2.46. The van der Waals surface area contributed by atoms with E-state index in [1.165, 1.54) is 22.2 Å². The van der Waals surface area contributed by atoms with Gasteiger partial charge in [-0.15, -0.1) is 11.3 Å². The summed E-state index contributed by atoms with van der Waals surface area (Å²) in [6, 6.07) is 2.13. The van der Waals surface area contributed by atoms with Gasteiger partial charge in [0, 0.05) is 14.2 Å². The lowest BCUT2D eigenvalue weighted by Crippen LogP contribution is -2.12. The first kappa shape index (κ1) is 11.7. The summed E-state index contributed by atoms with van der Waals surface area (Å²) in [6.45, 7) is 4.49. The molecule has 0 nitrogen and oxygen atoms in total. The number of hydrogen-bond donors (Lipinski definition) is 0. The Morgan fingerprint density at radius 2 is 2.23 bits per heavy atom. The van der Waals surface area contributed by atoms with Crippen molar-refractivity contribution < 1.29 is 0 Å². The van der Waals surface area contributed by atoms with Crippen molar-refractivity contribution in [2.24, 2.45) is 5.92 Å². The smallest absolute Gasteiger partial charge is 0.0314 e. The number of alkyl halides is 1. The van der Waals surface area contributed by atoms with Gasteiger partial charge in [0.25, 0.3) is 0 Å². The van der Waals surface area contributed by atoms with E-state index in [9.17, 15) is 0 Å². The molecule has 0 fully saturated rings. The molecule has 0 aromatic carbocycles. The monoisotopic (exact) mass is 324 g/mol. The third-order valence-electron chi connectivity index (χ3n) is 2.31. The highest BCUT2D eigenvalue weighted by Gasteiger charge is 2.15. The Morgan fingerprint density at radius 1 is 1.54 bits per heavy atom. The molecule has 1 rings (SSSR count). The summed E-state index contributed by atoms with van der Waals surface area (Å²) in [7, 11) is 0. The van der Waals surface area contributed by atoms with Gasteiger partial charge in [-0.05, 0) is 39.7 Å². The lowest BCUT2D eigenvalue weighted by atomic mass is 9.99. The van der Waals surface area contributed by atoms with Gasteiger partial charge < -0.3 is 0 Å². The summed E-state index contributed by atoms with van der Waals surface area (Å²) < 4.78 is 1.27. The van der Waals surface area contributed by atoms with Crippen LogP contribution in [-0.2, 0) is 6.42 Å². The van der Waals surface area contributed by atoms with E-state index in [-0.39, 0.29) is 0 Å². The zero-order valence-corrected chi connectivity index (χ0v) is 11.9. The van der Waals surface area contributed by atoms with Crippen LogP contribution < -0.4 is 0 Å². The highest BCUT2D eigenvalue weighted by Crippen LogP contribution is 2.29. The number of rotatable bonds is 4. The first-order valence-electron chi connectivity index (χ1n) is 4.51. The highest BCUT2D eigenvalue weighted by atomic mass is 79.9.